The Morgan fingerprint density at radius 2 is 1.76 bits per heavy atom. The van der Waals surface area contributed by atoms with Crippen molar-refractivity contribution in [2.75, 3.05) is 5.75 Å². The van der Waals surface area contributed by atoms with Crippen LogP contribution >= 0.6 is 43.2 Å². The van der Waals surface area contributed by atoms with Gasteiger partial charge in [0.25, 0.3) is 0 Å². The van der Waals surface area contributed by atoms with Crippen molar-refractivity contribution in [3.63, 3.8) is 0 Å². The molecule has 1 N–H and O–H groups in total. The fraction of sp³-hybridized carbons (Fsp3) is 0.778. The molecule has 0 spiro atoms. The maximum Gasteiger partial charge on any atom is 0.321 e. The molecule has 0 aromatic rings. The number of hydrogen-bond donors (Lipinski definition) is 1. The van der Waals surface area contributed by atoms with Crippen molar-refractivity contribution in [1.82, 2.24) is 0 Å². The van der Waals surface area contributed by atoms with E-state index in [0.717, 1.165) is 12.2 Å². The number of carboxylic acids is 1. The van der Waals surface area contributed by atoms with E-state index in [-0.39, 0.29) is 21.9 Å². The number of esters is 1. The Balaban J connectivity index is 1.75. The predicted molar refractivity (Wildman–Crippen MR) is 74.2 cm³/mol. The van der Waals surface area contributed by atoms with E-state index >= 15 is 0 Å². The van der Waals surface area contributed by atoms with Gasteiger partial charge in [-0.05, 0) is 23.6 Å². The van der Waals surface area contributed by atoms with Crippen molar-refractivity contribution >= 4 is 55.1 Å². The number of carboxylic acid groups (broad SMARTS) is 1. The SMILES string of the molecule is O=C(O)C1CCC(C(=O)OC2CCSS2)SS1. The highest BCUT2D eigenvalue weighted by Crippen LogP contribution is 2.43. The van der Waals surface area contributed by atoms with Crippen LogP contribution < -0.4 is 0 Å². The van der Waals surface area contributed by atoms with Crippen molar-refractivity contribution in [3.8, 4) is 0 Å². The summed E-state index contributed by atoms with van der Waals surface area (Å²) in [6.07, 6.45) is 2.04. The van der Waals surface area contributed by atoms with E-state index in [0.29, 0.717) is 12.8 Å². The van der Waals surface area contributed by atoms with E-state index in [1.54, 1.807) is 21.6 Å². The van der Waals surface area contributed by atoms with Gasteiger partial charge in [0, 0.05) is 12.2 Å². The predicted octanol–water partition coefficient (Wildman–Crippen LogP) is 2.64. The molecule has 0 aliphatic carbocycles. The van der Waals surface area contributed by atoms with Crippen LogP contribution in [0.5, 0.6) is 0 Å². The van der Waals surface area contributed by atoms with Gasteiger partial charge in [-0.25, -0.2) is 0 Å². The highest BCUT2D eigenvalue weighted by atomic mass is 33.1. The summed E-state index contributed by atoms with van der Waals surface area (Å²) in [6.45, 7) is 0. The summed E-state index contributed by atoms with van der Waals surface area (Å²) in [5, 5.41) is 8.24. The van der Waals surface area contributed by atoms with E-state index < -0.39 is 5.97 Å². The van der Waals surface area contributed by atoms with E-state index in [1.165, 1.54) is 21.6 Å². The zero-order valence-corrected chi connectivity index (χ0v) is 12.1. The quantitative estimate of drug-likeness (QED) is 0.630. The van der Waals surface area contributed by atoms with Gasteiger partial charge in [0.15, 0.2) is 5.44 Å². The smallest absolute Gasteiger partial charge is 0.321 e. The summed E-state index contributed by atoms with van der Waals surface area (Å²) in [7, 11) is 5.93. The summed E-state index contributed by atoms with van der Waals surface area (Å²) in [5.74, 6) is 0.0411. The molecular formula is C9H12O4S4. The van der Waals surface area contributed by atoms with E-state index in [4.69, 9.17) is 9.84 Å². The zero-order chi connectivity index (χ0) is 12.3. The van der Waals surface area contributed by atoms with Gasteiger partial charge in [0.1, 0.15) is 10.5 Å². The Bertz CT molecular complexity index is 297. The van der Waals surface area contributed by atoms with Gasteiger partial charge in [-0.1, -0.05) is 32.4 Å². The average Bonchev–Trinajstić information content (AvgIpc) is 2.82. The molecule has 0 aromatic heterocycles. The lowest BCUT2D eigenvalue weighted by Gasteiger charge is -2.24. The van der Waals surface area contributed by atoms with Gasteiger partial charge in [-0.15, -0.1) is 0 Å². The first-order valence-electron chi connectivity index (χ1n) is 5.20. The molecule has 3 atom stereocenters. The number of rotatable bonds is 3. The second-order valence-electron chi connectivity index (χ2n) is 3.66. The molecule has 0 radical (unpaired) electrons. The number of aliphatic carboxylic acids is 1. The Kier molecular flexibility index (Phi) is 5.25. The third-order valence-electron chi connectivity index (χ3n) is 2.38. The molecule has 2 aliphatic rings. The number of carbonyl (C=O) groups is 2. The fourth-order valence-corrected chi connectivity index (χ4v) is 6.76. The van der Waals surface area contributed by atoms with Crippen LogP contribution in [0.25, 0.3) is 0 Å². The number of ether oxygens (including phenoxy) is 1. The lowest BCUT2D eigenvalue weighted by molar-refractivity contribution is -0.145. The standard InChI is InChI=1S/C9H12O4S4/c10-8(11)5-1-2-6(16-15-5)9(12)13-7-3-4-14-17-7/h5-7H,1-4H2,(H,10,11). The molecule has 0 bridgehead atoms. The van der Waals surface area contributed by atoms with E-state index in [1.807, 2.05) is 0 Å². The fourth-order valence-electron chi connectivity index (χ4n) is 1.46. The van der Waals surface area contributed by atoms with Crippen LogP contribution in [0, 0.1) is 0 Å². The van der Waals surface area contributed by atoms with Crippen molar-refractivity contribution in [1.29, 1.82) is 0 Å². The van der Waals surface area contributed by atoms with E-state index in [2.05, 4.69) is 0 Å². The molecule has 0 amide bonds. The summed E-state index contributed by atoms with van der Waals surface area (Å²) in [5.41, 5.74) is -0.0182. The topological polar surface area (TPSA) is 63.6 Å². The molecule has 96 valence electrons. The van der Waals surface area contributed by atoms with Crippen LogP contribution in [0.4, 0.5) is 0 Å². The molecule has 0 saturated carbocycles. The normalized spacial score (nSPS) is 33.3. The molecule has 8 heteroatoms. The molecule has 4 nitrogen and oxygen atoms in total. The molecule has 2 heterocycles. The molecule has 2 fully saturated rings. The van der Waals surface area contributed by atoms with Crippen molar-refractivity contribution in [2.45, 2.75) is 35.2 Å². The second-order valence-corrected chi connectivity index (χ2v) is 8.98. The number of hydrogen-bond acceptors (Lipinski definition) is 7. The monoisotopic (exact) mass is 312 g/mol. The van der Waals surface area contributed by atoms with Gasteiger partial charge in [0.2, 0.25) is 0 Å². The minimum absolute atomic E-state index is 0.0182. The van der Waals surface area contributed by atoms with Crippen LogP contribution in [-0.2, 0) is 14.3 Å². The van der Waals surface area contributed by atoms with Crippen molar-refractivity contribution < 1.29 is 19.4 Å². The Morgan fingerprint density at radius 1 is 1.06 bits per heavy atom. The molecule has 3 unspecified atom stereocenters. The zero-order valence-electron chi connectivity index (χ0n) is 8.87. The van der Waals surface area contributed by atoms with Gasteiger partial charge >= 0.3 is 11.9 Å². The lowest BCUT2D eigenvalue weighted by atomic mass is 10.2. The first-order chi connectivity index (χ1) is 8.16. The Hall–Kier alpha value is 0.340. The summed E-state index contributed by atoms with van der Waals surface area (Å²) < 4.78 is 5.37. The van der Waals surface area contributed by atoms with Gasteiger partial charge in [-0.3, -0.25) is 9.59 Å². The summed E-state index contributed by atoms with van der Waals surface area (Å²) >= 11 is 0. The summed E-state index contributed by atoms with van der Waals surface area (Å²) in [6, 6.07) is 0. The first-order valence-corrected chi connectivity index (χ1v) is 9.86. The highest BCUT2D eigenvalue weighted by Gasteiger charge is 2.33. The molecular weight excluding hydrogens is 300 g/mol. The Labute approximate surface area is 115 Å². The minimum atomic E-state index is -0.794. The number of carbonyl (C=O) groups excluding carboxylic acids is 1. The van der Waals surface area contributed by atoms with Gasteiger partial charge < -0.3 is 9.84 Å². The van der Waals surface area contributed by atoms with Crippen LogP contribution in [-0.4, -0.2) is 38.7 Å². The van der Waals surface area contributed by atoms with Crippen molar-refractivity contribution in [3.05, 3.63) is 0 Å². The van der Waals surface area contributed by atoms with Crippen LogP contribution in [0.1, 0.15) is 19.3 Å². The molecule has 2 rings (SSSR count). The van der Waals surface area contributed by atoms with Gasteiger partial charge in [0.05, 0.1) is 0 Å². The summed E-state index contributed by atoms with van der Waals surface area (Å²) in [4.78, 5) is 22.6. The van der Waals surface area contributed by atoms with Gasteiger partial charge in [-0.2, -0.15) is 0 Å². The maximum atomic E-state index is 11.8. The first kappa shape index (κ1) is 13.8. The van der Waals surface area contributed by atoms with Crippen molar-refractivity contribution in [2.24, 2.45) is 0 Å². The molecule has 2 saturated heterocycles. The minimum Gasteiger partial charge on any atom is -0.480 e. The van der Waals surface area contributed by atoms with Crippen LogP contribution in [0.3, 0.4) is 0 Å². The third kappa shape index (κ3) is 3.90. The van der Waals surface area contributed by atoms with Crippen LogP contribution in [0.15, 0.2) is 0 Å². The largest absolute Gasteiger partial charge is 0.480 e. The molecule has 17 heavy (non-hydrogen) atoms. The average molecular weight is 312 g/mol. The highest BCUT2D eigenvalue weighted by molar-refractivity contribution is 8.77. The molecule has 0 aromatic carbocycles. The third-order valence-corrected chi connectivity index (χ3v) is 8.18. The maximum absolute atomic E-state index is 11.8. The Morgan fingerprint density at radius 3 is 2.29 bits per heavy atom. The van der Waals surface area contributed by atoms with E-state index in [9.17, 15) is 9.59 Å². The molecule has 2 aliphatic heterocycles. The lowest BCUT2D eigenvalue weighted by Crippen LogP contribution is -2.29. The van der Waals surface area contributed by atoms with Crippen LogP contribution in [0.2, 0.25) is 0 Å². The second kappa shape index (κ2) is 6.49.